The maximum Gasteiger partial charge on any atom is 0.250 e. The molecular formula is C26H36N4O3. The van der Waals surface area contributed by atoms with E-state index in [4.69, 9.17) is 0 Å². The van der Waals surface area contributed by atoms with Crippen LogP contribution >= 0.6 is 0 Å². The van der Waals surface area contributed by atoms with Gasteiger partial charge in [0.05, 0.1) is 6.67 Å². The molecular weight excluding hydrogens is 416 g/mol. The molecule has 1 N–H and O–H groups in total. The summed E-state index contributed by atoms with van der Waals surface area (Å²) in [4.78, 5) is 44.9. The van der Waals surface area contributed by atoms with Crippen molar-refractivity contribution < 1.29 is 14.4 Å². The summed E-state index contributed by atoms with van der Waals surface area (Å²) in [5, 5.41) is 3.08. The Kier molecular flexibility index (Phi) is 6.30. The van der Waals surface area contributed by atoms with Crippen LogP contribution in [0.5, 0.6) is 0 Å². The minimum absolute atomic E-state index is 0.0256. The molecule has 2 saturated heterocycles. The number of anilines is 1. The second kappa shape index (κ2) is 9.35. The second-order valence-electron chi connectivity index (χ2n) is 10.3. The van der Waals surface area contributed by atoms with Crippen molar-refractivity contribution in [2.45, 2.75) is 63.3 Å². The van der Waals surface area contributed by atoms with Crippen molar-refractivity contribution in [3.63, 3.8) is 0 Å². The number of hydrogen-bond acceptors (Lipinski definition) is 4. The monoisotopic (exact) mass is 452 g/mol. The molecule has 0 atom stereocenters. The van der Waals surface area contributed by atoms with E-state index in [2.05, 4.69) is 10.2 Å². The summed E-state index contributed by atoms with van der Waals surface area (Å²) < 4.78 is 0. The molecule has 2 heterocycles. The lowest BCUT2D eigenvalue weighted by atomic mass is 9.85. The van der Waals surface area contributed by atoms with Gasteiger partial charge in [0.15, 0.2) is 0 Å². The summed E-state index contributed by atoms with van der Waals surface area (Å²) in [5.74, 6) is 0.976. The average molecular weight is 453 g/mol. The minimum atomic E-state index is -0.675. The number of amides is 3. The van der Waals surface area contributed by atoms with Crippen molar-refractivity contribution in [2.24, 2.45) is 11.8 Å². The molecule has 4 aliphatic rings. The maximum absolute atomic E-state index is 13.7. The van der Waals surface area contributed by atoms with Gasteiger partial charge in [0.1, 0.15) is 12.1 Å². The number of carbonyl (C=O) groups is 3. The maximum atomic E-state index is 13.7. The Morgan fingerprint density at radius 2 is 1.67 bits per heavy atom. The van der Waals surface area contributed by atoms with Crippen molar-refractivity contribution in [1.82, 2.24) is 15.1 Å². The van der Waals surface area contributed by atoms with Crippen LogP contribution in [0.25, 0.3) is 0 Å². The third-order valence-electron chi connectivity index (χ3n) is 8.06. The van der Waals surface area contributed by atoms with Crippen LogP contribution in [0.3, 0.4) is 0 Å². The third kappa shape index (κ3) is 4.59. The van der Waals surface area contributed by atoms with Crippen molar-refractivity contribution in [3.05, 3.63) is 30.3 Å². The molecule has 0 radical (unpaired) electrons. The fourth-order valence-corrected chi connectivity index (χ4v) is 5.89. The lowest BCUT2D eigenvalue weighted by molar-refractivity contribution is -0.140. The summed E-state index contributed by atoms with van der Waals surface area (Å²) in [6.07, 6.45) is 9.39. The number of rotatable bonds is 6. The summed E-state index contributed by atoms with van der Waals surface area (Å²) in [5.41, 5.74) is 0.323. The molecule has 0 unspecified atom stereocenters. The molecule has 0 bridgehead atoms. The zero-order valence-electron chi connectivity index (χ0n) is 19.5. The molecule has 1 aromatic carbocycles. The molecule has 7 heteroatoms. The standard InChI is InChI=1S/C26H36N4O3/c31-23(27-17-20-7-3-1-4-8-20)18-29-19-30(22-9-5-2-6-10-22)26(25(29)33)13-15-28(16-14-26)24(32)21-11-12-21/h2,5-6,9-10,20-21H,1,3-4,7-8,11-19H2,(H,27,31). The van der Waals surface area contributed by atoms with E-state index in [1.165, 1.54) is 32.1 Å². The molecule has 1 aromatic rings. The van der Waals surface area contributed by atoms with Gasteiger partial charge in [0, 0.05) is 31.2 Å². The van der Waals surface area contributed by atoms with Gasteiger partial charge in [-0.2, -0.15) is 0 Å². The van der Waals surface area contributed by atoms with Gasteiger partial charge in [-0.15, -0.1) is 0 Å². The summed E-state index contributed by atoms with van der Waals surface area (Å²) in [6.45, 7) is 2.43. The van der Waals surface area contributed by atoms with Crippen molar-refractivity contribution in [1.29, 1.82) is 0 Å². The fourth-order valence-electron chi connectivity index (χ4n) is 5.89. The Morgan fingerprint density at radius 1 is 0.970 bits per heavy atom. The van der Waals surface area contributed by atoms with Gasteiger partial charge in [-0.05, 0) is 56.6 Å². The molecule has 33 heavy (non-hydrogen) atoms. The number of likely N-dealkylation sites (tertiary alicyclic amines) is 1. The van der Waals surface area contributed by atoms with Crippen LogP contribution in [-0.4, -0.2) is 65.9 Å². The van der Waals surface area contributed by atoms with E-state index >= 15 is 0 Å². The molecule has 178 valence electrons. The predicted molar refractivity (Wildman–Crippen MR) is 126 cm³/mol. The number of piperidine rings is 1. The highest BCUT2D eigenvalue weighted by Gasteiger charge is 2.54. The van der Waals surface area contributed by atoms with Crippen LogP contribution in [0.4, 0.5) is 5.69 Å². The number of benzene rings is 1. The minimum Gasteiger partial charge on any atom is -0.354 e. The Hall–Kier alpha value is -2.57. The van der Waals surface area contributed by atoms with Crippen LogP contribution in [0.1, 0.15) is 57.8 Å². The zero-order valence-corrected chi connectivity index (χ0v) is 19.5. The van der Waals surface area contributed by atoms with Gasteiger partial charge in [-0.3, -0.25) is 14.4 Å². The smallest absolute Gasteiger partial charge is 0.250 e. The Labute approximate surface area is 196 Å². The summed E-state index contributed by atoms with van der Waals surface area (Å²) >= 11 is 0. The first-order chi connectivity index (χ1) is 16.1. The van der Waals surface area contributed by atoms with E-state index in [1.807, 2.05) is 35.2 Å². The lowest BCUT2D eigenvalue weighted by Gasteiger charge is -2.43. The quantitative estimate of drug-likeness (QED) is 0.720. The van der Waals surface area contributed by atoms with Crippen LogP contribution < -0.4 is 10.2 Å². The highest BCUT2D eigenvalue weighted by Crippen LogP contribution is 2.40. The number of nitrogens with one attached hydrogen (secondary N) is 1. The number of hydrogen-bond donors (Lipinski definition) is 1. The molecule has 0 aromatic heterocycles. The second-order valence-corrected chi connectivity index (χ2v) is 10.3. The molecule has 2 saturated carbocycles. The van der Waals surface area contributed by atoms with Crippen molar-refractivity contribution in [3.8, 4) is 0 Å². The van der Waals surface area contributed by atoms with Crippen molar-refractivity contribution in [2.75, 3.05) is 37.7 Å². The van der Waals surface area contributed by atoms with E-state index < -0.39 is 5.54 Å². The van der Waals surface area contributed by atoms with E-state index in [-0.39, 0.29) is 30.2 Å². The fraction of sp³-hybridized carbons (Fsp3) is 0.654. The Balaban J connectivity index is 1.27. The van der Waals surface area contributed by atoms with Gasteiger partial charge >= 0.3 is 0 Å². The average Bonchev–Trinajstić information content (AvgIpc) is 3.68. The Bertz CT molecular complexity index is 871. The first kappa shape index (κ1) is 22.2. The Morgan fingerprint density at radius 3 is 2.33 bits per heavy atom. The lowest BCUT2D eigenvalue weighted by Crippen LogP contribution is -2.57. The highest BCUT2D eigenvalue weighted by molar-refractivity contribution is 5.96. The first-order valence-electron chi connectivity index (χ1n) is 12.7. The van der Waals surface area contributed by atoms with Gasteiger partial charge in [0.25, 0.3) is 5.91 Å². The molecule has 4 fully saturated rings. The normalized spacial score (nSPS) is 23.3. The first-order valence-corrected chi connectivity index (χ1v) is 12.7. The zero-order chi connectivity index (χ0) is 22.8. The molecule has 3 amide bonds. The molecule has 5 rings (SSSR count). The SMILES string of the molecule is O=C(CN1CN(c2ccccc2)C2(CCN(C(=O)C3CC3)CC2)C1=O)NCC1CCCCC1. The van der Waals surface area contributed by atoms with E-state index in [9.17, 15) is 14.4 Å². The summed E-state index contributed by atoms with van der Waals surface area (Å²) in [6, 6.07) is 10.0. The predicted octanol–water partition coefficient (Wildman–Crippen LogP) is 2.76. The van der Waals surface area contributed by atoms with Crippen molar-refractivity contribution >= 4 is 23.4 Å². The largest absolute Gasteiger partial charge is 0.354 e. The van der Waals surface area contributed by atoms with Crippen LogP contribution in [0.15, 0.2) is 30.3 Å². The van der Waals surface area contributed by atoms with E-state index in [0.717, 1.165) is 18.5 Å². The molecule has 2 aliphatic heterocycles. The third-order valence-corrected chi connectivity index (χ3v) is 8.06. The van der Waals surface area contributed by atoms with Crippen LogP contribution in [0.2, 0.25) is 0 Å². The number of carbonyl (C=O) groups excluding carboxylic acids is 3. The molecule has 7 nitrogen and oxygen atoms in total. The van der Waals surface area contributed by atoms with E-state index in [1.54, 1.807) is 4.90 Å². The van der Waals surface area contributed by atoms with Crippen LogP contribution in [0, 0.1) is 11.8 Å². The van der Waals surface area contributed by atoms with E-state index in [0.29, 0.717) is 45.1 Å². The van der Waals surface area contributed by atoms with Gasteiger partial charge in [-0.25, -0.2) is 0 Å². The number of para-hydroxylation sites is 1. The summed E-state index contributed by atoms with van der Waals surface area (Å²) in [7, 11) is 0. The number of nitrogens with zero attached hydrogens (tertiary/aromatic N) is 3. The van der Waals surface area contributed by atoms with Gasteiger partial charge in [-0.1, -0.05) is 37.5 Å². The topological polar surface area (TPSA) is 73.0 Å². The van der Waals surface area contributed by atoms with Crippen LogP contribution in [-0.2, 0) is 14.4 Å². The highest BCUT2D eigenvalue weighted by atomic mass is 16.2. The molecule has 2 aliphatic carbocycles. The van der Waals surface area contributed by atoms with Gasteiger partial charge in [0.2, 0.25) is 11.8 Å². The molecule has 1 spiro atoms. The van der Waals surface area contributed by atoms with Gasteiger partial charge < -0.3 is 20.0 Å².